The molecule has 0 amide bonds. The van der Waals surface area contributed by atoms with Gasteiger partial charge in [0.05, 0.1) is 0 Å². The fourth-order valence-electron chi connectivity index (χ4n) is 1.27. The van der Waals surface area contributed by atoms with Gasteiger partial charge >= 0.3 is 0 Å². The Morgan fingerprint density at radius 1 is 0.923 bits per heavy atom. The lowest BCUT2D eigenvalue weighted by Gasteiger charge is -2.09. The lowest BCUT2D eigenvalue weighted by molar-refractivity contribution is 1.18. The van der Waals surface area contributed by atoms with Crippen LogP contribution >= 0.6 is 34.8 Å². The molecular weight excluding hydrogens is 226 g/mol. The third-order valence-corrected chi connectivity index (χ3v) is 3.01. The van der Waals surface area contributed by atoms with E-state index in [9.17, 15) is 0 Å². The fraction of sp³-hybridized carbons (Fsp3) is 0.400. The second-order valence-electron chi connectivity index (χ2n) is 2.94. The molecule has 0 saturated carbocycles. The highest BCUT2D eigenvalue weighted by atomic mass is 35.5. The van der Waals surface area contributed by atoms with Gasteiger partial charge in [0.1, 0.15) is 0 Å². The van der Waals surface area contributed by atoms with Crippen LogP contribution in [0.5, 0.6) is 0 Å². The van der Waals surface area contributed by atoms with Gasteiger partial charge < -0.3 is 0 Å². The van der Waals surface area contributed by atoms with Gasteiger partial charge in [-0.05, 0) is 29.2 Å². The van der Waals surface area contributed by atoms with Crippen LogP contribution in [0.25, 0.3) is 0 Å². The molecule has 1 aromatic rings. The molecule has 0 N–H and O–H groups in total. The Morgan fingerprint density at radius 3 is 1.69 bits per heavy atom. The van der Waals surface area contributed by atoms with E-state index in [1.807, 2.05) is 19.1 Å². The summed E-state index contributed by atoms with van der Waals surface area (Å²) in [6.07, 6.45) is 0. The molecule has 1 aromatic carbocycles. The lowest BCUT2D eigenvalue weighted by Crippen LogP contribution is -1.94. The van der Waals surface area contributed by atoms with E-state index in [1.54, 1.807) is 0 Å². The molecule has 0 nitrogen and oxygen atoms in total. The molecule has 0 unspecified atom stereocenters. The molecule has 0 aliphatic rings. The summed E-state index contributed by atoms with van der Waals surface area (Å²) in [4.78, 5) is 0. The van der Waals surface area contributed by atoms with Crippen molar-refractivity contribution in [2.45, 2.75) is 24.6 Å². The summed E-state index contributed by atoms with van der Waals surface area (Å²) < 4.78 is 0. The number of hydrogen-bond donors (Lipinski definition) is 0. The average Bonchev–Trinajstić information content (AvgIpc) is 2.18. The summed E-state index contributed by atoms with van der Waals surface area (Å²) >= 11 is 17.4. The molecule has 1 rings (SSSR count). The van der Waals surface area contributed by atoms with Gasteiger partial charge in [-0.2, -0.15) is 0 Å². The summed E-state index contributed by atoms with van der Waals surface area (Å²) in [5.41, 5.74) is 4.50. The van der Waals surface area contributed by atoms with Gasteiger partial charge in [0.2, 0.25) is 0 Å². The van der Waals surface area contributed by atoms with Crippen molar-refractivity contribution in [3.8, 4) is 0 Å². The minimum Gasteiger partial charge on any atom is -0.122 e. The lowest BCUT2D eigenvalue weighted by atomic mass is 10.0. The maximum Gasteiger partial charge on any atom is 0.0476 e. The molecular formula is C10H11Cl3. The van der Waals surface area contributed by atoms with E-state index in [-0.39, 0.29) is 0 Å². The van der Waals surface area contributed by atoms with E-state index >= 15 is 0 Å². The Labute approximate surface area is 93.8 Å². The molecule has 72 valence electrons. The Kier molecular flexibility index (Phi) is 4.37. The van der Waals surface area contributed by atoms with Crippen LogP contribution < -0.4 is 0 Å². The second-order valence-corrected chi connectivity index (χ2v) is 3.74. The first-order valence-electron chi connectivity index (χ1n) is 4.02. The van der Waals surface area contributed by atoms with E-state index in [1.165, 1.54) is 5.56 Å². The van der Waals surface area contributed by atoms with Gasteiger partial charge in [0.15, 0.2) is 0 Å². The van der Waals surface area contributed by atoms with Crippen molar-refractivity contribution in [1.82, 2.24) is 0 Å². The zero-order chi connectivity index (χ0) is 9.84. The van der Waals surface area contributed by atoms with Gasteiger partial charge in [-0.25, -0.2) is 0 Å². The first-order valence-corrected chi connectivity index (χ1v) is 5.62. The van der Waals surface area contributed by atoms with E-state index in [2.05, 4.69) is 0 Å². The highest BCUT2D eigenvalue weighted by Gasteiger charge is 2.05. The molecule has 0 radical (unpaired) electrons. The van der Waals surface area contributed by atoms with Gasteiger partial charge in [-0.15, -0.1) is 34.8 Å². The molecule has 0 bridgehead atoms. The highest BCUT2D eigenvalue weighted by molar-refractivity contribution is 6.18. The van der Waals surface area contributed by atoms with Crippen LogP contribution in [-0.4, -0.2) is 0 Å². The average molecular weight is 238 g/mol. The predicted molar refractivity (Wildman–Crippen MR) is 59.9 cm³/mol. The van der Waals surface area contributed by atoms with Crippen molar-refractivity contribution in [3.63, 3.8) is 0 Å². The third kappa shape index (κ3) is 2.52. The zero-order valence-corrected chi connectivity index (χ0v) is 9.68. The van der Waals surface area contributed by atoms with Crippen LogP contribution in [0.3, 0.4) is 0 Å². The van der Waals surface area contributed by atoms with Gasteiger partial charge in [-0.3, -0.25) is 0 Å². The van der Waals surface area contributed by atoms with Crippen LogP contribution in [-0.2, 0) is 17.6 Å². The summed E-state index contributed by atoms with van der Waals surface area (Å²) in [7, 11) is 0. The second kappa shape index (κ2) is 5.09. The molecule has 0 spiro atoms. The Bertz CT molecular complexity index is 269. The normalized spacial score (nSPS) is 10.5. The molecule has 3 heteroatoms. The Balaban J connectivity index is 3.20. The SMILES string of the molecule is Cc1c(CCl)cc(CCl)cc1CCl. The summed E-state index contributed by atoms with van der Waals surface area (Å²) in [5, 5.41) is 0. The monoisotopic (exact) mass is 236 g/mol. The van der Waals surface area contributed by atoms with Crippen LogP contribution in [0.2, 0.25) is 0 Å². The van der Waals surface area contributed by atoms with Gasteiger partial charge in [-0.1, -0.05) is 12.1 Å². The van der Waals surface area contributed by atoms with Crippen molar-refractivity contribution >= 4 is 34.8 Å². The summed E-state index contributed by atoms with van der Waals surface area (Å²) in [5.74, 6) is 1.54. The molecule has 0 aliphatic heterocycles. The topological polar surface area (TPSA) is 0 Å². The van der Waals surface area contributed by atoms with Crippen molar-refractivity contribution in [3.05, 3.63) is 34.4 Å². The van der Waals surface area contributed by atoms with Crippen molar-refractivity contribution in [2.24, 2.45) is 0 Å². The van der Waals surface area contributed by atoms with E-state index in [0.717, 1.165) is 16.7 Å². The number of alkyl halides is 3. The van der Waals surface area contributed by atoms with Crippen LogP contribution in [0.15, 0.2) is 12.1 Å². The highest BCUT2D eigenvalue weighted by Crippen LogP contribution is 2.21. The minimum atomic E-state index is 0.508. The molecule has 0 aromatic heterocycles. The van der Waals surface area contributed by atoms with Crippen LogP contribution in [0.4, 0.5) is 0 Å². The molecule has 0 aliphatic carbocycles. The van der Waals surface area contributed by atoms with Gasteiger partial charge in [0, 0.05) is 17.6 Å². The molecule has 13 heavy (non-hydrogen) atoms. The van der Waals surface area contributed by atoms with Crippen LogP contribution in [0.1, 0.15) is 22.3 Å². The first kappa shape index (κ1) is 11.2. The van der Waals surface area contributed by atoms with Crippen molar-refractivity contribution in [1.29, 1.82) is 0 Å². The Morgan fingerprint density at radius 2 is 1.38 bits per heavy atom. The van der Waals surface area contributed by atoms with E-state index in [4.69, 9.17) is 34.8 Å². The quantitative estimate of drug-likeness (QED) is 0.691. The fourth-order valence-corrected chi connectivity index (χ4v) is 1.98. The van der Waals surface area contributed by atoms with Crippen molar-refractivity contribution in [2.75, 3.05) is 0 Å². The largest absolute Gasteiger partial charge is 0.122 e. The molecule has 0 atom stereocenters. The maximum atomic E-state index is 5.80. The number of benzene rings is 1. The molecule has 0 saturated heterocycles. The molecule has 0 heterocycles. The number of hydrogen-bond acceptors (Lipinski definition) is 0. The molecule has 0 fully saturated rings. The standard InChI is InChI=1S/C10H11Cl3/c1-7-9(5-12)2-8(4-11)3-10(7)6-13/h2-3H,4-6H2,1H3. The number of halogens is 3. The summed E-state index contributed by atoms with van der Waals surface area (Å²) in [6.45, 7) is 2.04. The van der Waals surface area contributed by atoms with Gasteiger partial charge in [0.25, 0.3) is 0 Å². The first-order chi connectivity index (χ1) is 6.22. The third-order valence-electron chi connectivity index (χ3n) is 2.12. The Hall–Kier alpha value is 0.0900. The van der Waals surface area contributed by atoms with E-state index in [0.29, 0.717) is 17.6 Å². The number of rotatable bonds is 3. The zero-order valence-electron chi connectivity index (χ0n) is 7.41. The van der Waals surface area contributed by atoms with E-state index < -0.39 is 0 Å². The van der Waals surface area contributed by atoms with Crippen molar-refractivity contribution < 1.29 is 0 Å². The maximum absolute atomic E-state index is 5.80. The van der Waals surface area contributed by atoms with Crippen LogP contribution in [0, 0.1) is 6.92 Å². The smallest absolute Gasteiger partial charge is 0.0476 e. The predicted octanol–water partition coefficient (Wildman–Crippen LogP) is 4.21. The summed E-state index contributed by atoms with van der Waals surface area (Å²) in [6, 6.07) is 4.07. The minimum absolute atomic E-state index is 0.508.